The molecule has 1 aromatic heterocycles. The van der Waals surface area contributed by atoms with Crippen molar-refractivity contribution >= 4 is 53.1 Å². The van der Waals surface area contributed by atoms with Crippen LogP contribution in [0, 0.1) is 6.92 Å². The van der Waals surface area contributed by atoms with E-state index in [1.807, 2.05) is 24.3 Å². The van der Waals surface area contributed by atoms with Crippen LogP contribution in [0.2, 0.25) is 0 Å². The fourth-order valence-corrected chi connectivity index (χ4v) is 4.52. The summed E-state index contributed by atoms with van der Waals surface area (Å²) in [5.74, 6) is 0. The zero-order chi connectivity index (χ0) is 16.3. The molecule has 0 aliphatic carbocycles. The largest absolute Gasteiger partial charge is 0.289 e. The highest BCUT2D eigenvalue weighted by Crippen LogP contribution is 2.31. The molecule has 1 nitrogen and oxygen atoms in total. The molecule has 0 aliphatic heterocycles. The number of benzene rings is 4. The summed E-state index contributed by atoms with van der Waals surface area (Å²) in [7, 11) is 0. The zero-order valence-electron chi connectivity index (χ0n) is 13.2. The second-order valence-corrected chi connectivity index (χ2v) is 7.41. The molecule has 5 aromatic rings. The van der Waals surface area contributed by atoms with Crippen LogP contribution in [-0.2, 0) is 0 Å². The molecule has 5 rings (SSSR count). The van der Waals surface area contributed by atoms with Gasteiger partial charge in [-0.3, -0.25) is 4.79 Å². The van der Waals surface area contributed by atoms with Crippen molar-refractivity contribution in [1.82, 2.24) is 0 Å². The lowest BCUT2D eigenvalue weighted by atomic mass is 10.0. The molecule has 2 heteroatoms. The van der Waals surface area contributed by atoms with E-state index in [1.54, 1.807) is 11.3 Å². The van der Waals surface area contributed by atoms with E-state index < -0.39 is 0 Å². The topological polar surface area (TPSA) is 17.1 Å². The first-order valence-corrected chi connectivity index (χ1v) is 8.80. The summed E-state index contributed by atoms with van der Waals surface area (Å²) in [6.45, 7) is 2.10. The molecule has 0 bridgehead atoms. The van der Waals surface area contributed by atoms with Gasteiger partial charge in [-0.2, -0.15) is 0 Å². The number of aryl methyl sites for hydroxylation is 1. The maximum atomic E-state index is 12.9. The van der Waals surface area contributed by atoms with Gasteiger partial charge in [-0.15, -0.1) is 11.3 Å². The molecule has 24 heavy (non-hydrogen) atoms. The zero-order valence-corrected chi connectivity index (χ0v) is 14.0. The van der Waals surface area contributed by atoms with E-state index in [2.05, 4.69) is 49.4 Å². The minimum Gasteiger partial charge on any atom is -0.289 e. The number of hydrogen-bond donors (Lipinski definition) is 0. The Labute approximate surface area is 142 Å². The van der Waals surface area contributed by atoms with E-state index in [0.717, 1.165) is 25.6 Å². The van der Waals surface area contributed by atoms with Gasteiger partial charge in [-0.1, -0.05) is 35.9 Å². The van der Waals surface area contributed by atoms with Crippen molar-refractivity contribution in [2.75, 3.05) is 0 Å². The second-order valence-electron chi connectivity index (χ2n) is 6.33. The summed E-state index contributed by atoms with van der Waals surface area (Å²) >= 11 is 1.69. The molecule has 114 valence electrons. The molecular formula is C22H14OS. The van der Waals surface area contributed by atoms with Crippen molar-refractivity contribution in [2.24, 2.45) is 0 Å². The second kappa shape index (κ2) is 4.89. The van der Waals surface area contributed by atoms with Gasteiger partial charge in [0.1, 0.15) is 0 Å². The molecule has 0 amide bonds. The standard InChI is InChI=1S/C22H14OS/c1-13-6-7-14-9-17-12-21-19(11-16(17)10-15(14)8-13)22(23)18-4-2-3-5-20(18)24-21/h2-12H,1H3. The molecule has 0 N–H and O–H groups in total. The molecule has 0 radical (unpaired) electrons. The summed E-state index contributed by atoms with van der Waals surface area (Å²) in [4.78, 5) is 12.9. The van der Waals surface area contributed by atoms with Gasteiger partial charge in [-0.05, 0) is 64.9 Å². The smallest absolute Gasteiger partial charge is 0.195 e. The van der Waals surface area contributed by atoms with E-state index >= 15 is 0 Å². The third kappa shape index (κ3) is 1.97. The molecule has 1 heterocycles. The molecule has 0 saturated heterocycles. The van der Waals surface area contributed by atoms with Crippen LogP contribution in [0.3, 0.4) is 0 Å². The van der Waals surface area contributed by atoms with Crippen molar-refractivity contribution in [3.05, 3.63) is 82.5 Å². The number of hydrogen-bond acceptors (Lipinski definition) is 2. The van der Waals surface area contributed by atoms with Gasteiger partial charge in [0.15, 0.2) is 5.43 Å². The van der Waals surface area contributed by atoms with Crippen LogP contribution in [0.5, 0.6) is 0 Å². The van der Waals surface area contributed by atoms with Crippen molar-refractivity contribution in [1.29, 1.82) is 0 Å². The van der Waals surface area contributed by atoms with Crippen molar-refractivity contribution in [3.63, 3.8) is 0 Å². The SMILES string of the molecule is Cc1ccc2cc3cc4sc5ccccc5c(=O)c4cc3cc2c1. The summed E-state index contributed by atoms with van der Waals surface area (Å²) < 4.78 is 2.10. The number of fused-ring (bicyclic) bond motifs is 4. The summed E-state index contributed by atoms with van der Waals surface area (Å²) in [5, 5.41) is 6.40. The molecular weight excluding hydrogens is 312 g/mol. The van der Waals surface area contributed by atoms with Gasteiger partial charge >= 0.3 is 0 Å². The van der Waals surface area contributed by atoms with E-state index in [4.69, 9.17) is 0 Å². The highest BCUT2D eigenvalue weighted by atomic mass is 32.1. The minimum atomic E-state index is 0.130. The van der Waals surface area contributed by atoms with Crippen LogP contribution < -0.4 is 5.43 Å². The summed E-state index contributed by atoms with van der Waals surface area (Å²) in [6, 6.07) is 23.0. The van der Waals surface area contributed by atoms with E-state index in [-0.39, 0.29) is 5.43 Å². The predicted molar refractivity (Wildman–Crippen MR) is 105 cm³/mol. The van der Waals surface area contributed by atoms with Gasteiger partial charge in [0.25, 0.3) is 0 Å². The first kappa shape index (κ1) is 13.7. The van der Waals surface area contributed by atoms with Gasteiger partial charge in [0, 0.05) is 20.2 Å². The quantitative estimate of drug-likeness (QED) is 0.318. The Bertz CT molecular complexity index is 1330. The van der Waals surface area contributed by atoms with Crippen LogP contribution in [0.25, 0.3) is 41.7 Å². The molecule has 0 spiro atoms. The average Bonchev–Trinajstić information content (AvgIpc) is 2.59. The van der Waals surface area contributed by atoms with E-state index in [9.17, 15) is 4.79 Å². The van der Waals surface area contributed by atoms with Crippen LogP contribution in [0.1, 0.15) is 5.56 Å². The van der Waals surface area contributed by atoms with Crippen LogP contribution in [0.4, 0.5) is 0 Å². The Morgan fingerprint density at radius 1 is 0.667 bits per heavy atom. The molecule has 4 aromatic carbocycles. The number of rotatable bonds is 0. The third-order valence-corrected chi connectivity index (χ3v) is 5.78. The summed E-state index contributed by atoms with van der Waals surface area (Å²) in [5.41, 5.74) is 1.38. The van der Waals surface area contributed by atoms with Crippen molar-refractivity contribution in [3.8, 4) is 0 Å². The summed E-state index contributed by atoms with van der Waals surface area (Å²) in [6.07, 6.45) is 0. The Morgan fingerprint density at radius 3 is 2.33 bits per heavy atom. The van der Waals surface area contributed by atoms with Crippen LogP contribution >= 0.6 is 11.3 Å². The van der Waals surface area contributed by atoms with Gasteiger partial charge in [0.2, 0.25) is 0 Å². The average molecular weight is 326 g/mol. The molecule has 0 atom stereocenters. The van der Waals surface area contributed by atoms with Crippen molar-refractivity contribution < 1.29 is 0 Å². The highest BCUT2D eigenvalue weighted by molar-refractivity contribution is 7.24. The van der Waals surface area contributed by atoms with Gasteiger partial charge < -0.3 is 0 Å². The van der Waals surface area contributed by atoms with Crippen molar-refractivity contribution in [2.45, 2.75) is 6.92 Å². The van der Waals surface area contributed by atoms with E-state index in [0.29, 0.717) is 0 Å². The minimum absolute atomic E-state index is 0.130. The molecule has 0 unspecified atom stereocenters. The Morgan fingerprint density at radius 2 is 1.42 bits per heavy atom. The lowest BCUT2D eigenvalue weighted by Crippen LogP contribution is -2.00. The Hall–Kier alpha value is -2.71. The maximum absolute atomic E-state index is 12.9. The van der Waals surface area contributed by atoms with Gasteiger partial charge in [-0.25, -0.2) is 0 Å². The highest BCUT2D eigenvalue weighted by Gasteiger charge is 2.08. The molecule has 0 aliphatic rings. The first-order chi connectivity index (χ1) is 11.7. The predicted octanol–water partition coefficient (Wildman–Crippen LogP) is 6.03. The monoisotopic (exact) mass is 326 g/mol. The lowest BCUT2D eigenvalue weighted by molar-refractivity contribution is 1.51. The normalized spacial score (nSPS) is 11.7. The van der Waals surface area contributed by atoms with Crippen LogP contribution in [-0.4, -0.2) is 0 Å². The fraction of sp³-hybridized carbons (Fsp3) is 0.0455. The van der Waals surface area contributed by atoms with Gasteiger partial charge in [0.05, 0.1) is 0 Å². The first-order valence-electron chi connectivity index (χ1n) is 7.99. The fourth-order valence-electron chi connectivity index (χ4n) is 3.42. The Balaban J connectivity index is 1.96. The Kier molecular flexibility index (Phi) is 2.79. The molecule has 0 fully saturated rings. The third-order valence-electron chi connectivity index (χ3n) is 4.65. The lowest BCUT2D eigenvalue weighted by Gasteiger charge is -2.06. The van der Waals surface area contributed by atoms with E-state index in [1.165, 1.54) is 21.7 Å². The van der Waals surface area contributed by atoms with Crippen LogP contribution in [0.15, 0.2) is 71.5 Å². The maximum Gasteiger partial charge on any atom is 0.195 e. The molecule has 0 saturated carbocycles.